The van der Waals surface area contributed by atoms with Crippen molar-refractivity contribution < 1.29 is 14.3 Å². The lowest BCUT2D eigenvalue weighted by atomic mass is 9.83. The maximum absolute atomic E-state index is 11.9. The number of hydrogen-bond donors (Lipinski definition) is 2. The van der Waals surface area contributed by atoms with Crippen molar-refractivity contribution in [1.82, 2.24) is 5.32 Å². The van der Waals surface area contributed by atoms with Crippen molar-refractivity contribution in [1.29, 1.82) is 0 Å². The fourth-order valence-corrected chi connectivity index (χ4v) is 3.73. The van der Waals surface area contributed by atoms with Gasteiger partial charge in [0.25, 0.3) is 0 Å². The van der Waals surface area contributed by atoms with Crippen molar-refractivity contribution >= 4 is 11.8 Å². The molecule has 2 heterocycles. The molecule has 1 amide bonds. The van der Waals surface area contributed by atoms with E-state index in [-0.39, 0.29) is 17.4 Å². The minimum atomic E-state index is -0.497. The largest absolute Gasteiger partial charge is 0.487 e. The number of alkyl carbamates (subject to hydrolysis) is 1. The quantitative estimate of drug-likeness (QED) is 0.847. The van der Waals surface area contributed by atoms with Crippen LogP contribution < -0.4 is 15.4 Å². The van der Waals surface area contributed by atoms with E-state index in [1.165, 1.54) is 22.4 Å². The second-order valence-corrected chi connectivity index (χ2v) is 8.93. The van der Waals surface area contributed by atoms with Crippen LogP contribution in [0.1, 0.15) is 64.2 Å². The topological polar surface area (TPSA) is 59.6 Å². The zero-order chi connectivity index (χ0) is 18.6. The van der Waals surface area contributed by atoms with E-state index in [0.717, 1.165) is 12.3 Å². The smallest absolute Gasteiger partial charge is 0.407 e. The molecule has 0 saturated heterocycles. The zero-order valence-corrected chi connectivity index (χ0v) is 16.4. The number of rotatable bonds is 2. The number of aryl methyl sites for hydroxylation is 1. The molecule has 138 valence electrons. The maximum Gasteiger partial charge on any atom is 0.407 e. The number of hydrogen-bond acceptors (Lipinski definition) is 4. The van der Waals surface area contributed by atoms with Crippen LogP contribution in [0.2, 0.25) is 0 Å². The first-order valence-electron chi connectivity index (χ1n) is 9.05. The number of nitrogens with one attached hydrogen (secondary N) is 2. The summed E-state index contributed by atoms with van der Waals surface area (Å²) in [7, 11) is 0. The summed E-state index contributed by atoms with van der Waals surface area (Å²) in [5.41, 5.74) is 4.52. The van der Waals surface area contributed by atoms with E-state index in [1.54, 1.807) is 0 Å². The fraction of sp³-hybridized carbons (Fsp3) is 0.650. The summed E-state index contributed by atoms with van der Waals surface area (Å²) in [6, 6.07) is 2.22. The van der Waals surface area contributed by atoms with Gasteiger partial charge in [-0.2, -0.15) is 0 Å². The van der Waals surface area contributed by atoms with Crippen molar-refractivity contribution in [2.45, 2.75) is 71.5 Å². The molecule has 0 saturated carbocycles. The molecule has 0 aromatic heterocycles. The molecule has 3 rings (SSSR count). The predicted octanol–water partition coefficient (Wildman–Crippen LogP) is 4.09. The van der Waals surface area contributed by atoms with Crippen molar-refractivity contribution in [3.63, 3.8) is 0 Å². The van der Waals surface area contributed by atoms with Gasteiger partial charge in [0.1, 0.15) is 17.5 Å². The van der Waals surface area contributed by atoms with Gasteiger partial charge in [-0.05, 0) is 39.3 Å². The Balaban J connectivity index is 1.78. The second kappa shape index (κ2) is 5.82. The monoisotopic (exact) mass is 346 g/mol. The third kappa shape index (κ3) is 3.29. The first-order valence-corrected chi connectivity index (χ1v) is 9.05. The van der Waals surface area contributed by atoms with Crippen molar-refractivity contribution in [3.05, 3.63) is 22.8 Å². The molecule has 1 aromatic carbocycles. The Morgan fingerprint density at radius 1 is 1.44 bits per heavy atom. The van der Waals surface area contributed by atoms with E-state index in [4.69, 9.17) is 9.47 Å². The predicted molar refractivity (Wildman–Crippen MR) is 99.8 cm³/mol. The van der Waals surface area contributed by atoms with Crippen LogP contribution >= 0.6 is 0 Å². The fourth-order valence-electron chi connectivity index (χ4n) is 3.73. The zero-order valence-electron chi connectivity index (χ0n) is 16.4. The number of benzene rings is 1. The molecule has 2 aliphatic heterocycles. The van der Waals surface area contributed by atoms with E-state index in [9.17, 15) is 4.79 Å². The molecule has 2 atom stereocenters. The van der Waals surface area contributed by atoms with Gasteiger partial charge >= 0.3 is 6.09 Å². The molecule has 5 heteroatoms. The molecule has 0 spiro atoms. The molecule has 5 nitrogen and oxygen atoms in total. The highest BCUT2D eigenvalue weighted by Crippen LogP contribution is 2.51. The molecular weight excluding hydrogens is 316 g/mol. The Labute approximate surface area is 150 Å². The van der Waals surface area contributed by atoms with Crippen LogP contribution in [-0.2, 0) is 10.2 Å². The Kier molecular flexibility index (Phi) is 4.17. The van der Waals surface area contributed by atoms with Gasteiger partial charge in [0, 0.05) is 34.7 Å². The SMILES string of the molecule is Cc1cc2c(c3c1NCC3(C)C)O[C@@H](CNC(=O)OC(C)(C)C)[C@@H]2C. The lowest BCUT2D eigenvalue weighted by Gasteiger charge is -2.22. The van der Waals surface area contributed by atoms with Gasteiger partial charge in [-0.1, -0.05) is 20.8 Å². The second-order valence-electron chi connectivity index (χ2n) is 8.93. The molecule has 0 radical (unpaired) electrons. The van der Waals surface area contributed by atoms with E-state index in [0.29, 0.717) is 6.54 Å². The molecule has 0 bridgehead atoms. The van der Waals surface area contributed by atoms with Crippen molar-refractivity contribution in [2.75, 3.05) is 18.4 Å². The van der Waals surface area contributed by atoms with E-state index in [1.807, 2.05) is 20.8 Å². The average Bonchev–Trinajstić information content (AvgIpc) is 2.94. The Hall–Kier alpha value is -1.91. The lowest BCUT2D eigenvalue weighted by Crippen LogP contribution is -2.39. The number of fused-ring (bicyclic) bond motifs is 3. The number of carbonyl (C=O) groups excluding carboxylic acids is 1. The Morgan fingerprint density at radius 3 is 2.76 bits per heavy atom. The summed E-state index contributed by atoms with van der Waals surface area (Å²) >= 11 is 0. The normalized spacial score (nSPS) is 23.3. The maximum atomic E-state index is 11.9. The van der Waals surface area contributed by atoms with Gasteiger partial charge in [0.15, 0.2) is 0 Å². The summed E-state index contributed by atoms with van der Waals surface area (Å²) in [6.07, 6.45) is -0.479. The van der Waals surface area contributed by atoms with Gasteiger partial charge < -0.3 is 20.1 Å². The summed E-state index contributed by atoms with van der Waals surface area (Å²) in [5, 5.41) is 6.37. The number of carbonyl (C=O) groups is 1. The van der Waals surface area contributed by atoms with Crippen LogP contribution in [0, 0.1) is 6.92 Å². The van der Waals surface area contributed by atoms with Crippen LogP contribution in [0.15, 0.2) is 6.07 Å². The van der Waals surface area contributed by atoms with Crippen molar-refractivity contribution in [3.8, 4) is 5.75 Å². The third-order valence-corrected chi connectivity index (χ3v) is 5.05. The average molecular weight is 346 g/mol. The number of amides is 1. The van der Waals surface area contributed by atoms with Gasteiger partial charge in [-0.25, -0.2) is 4.79 Å². The third-order valence-electron chi connectivity index (χ3n) is 5.05. The van der Waals surface area contributed by atoms with E-state index >= 15 is 0 Å². The van der Waals surface area contributed by atoms with Crippen LogP contribution in [0.3, 0.4) is 0 Å². The first kappa shape index (κ1) is 17.9. The number of ether oxygens (including phenoxy) is 2. The molecule has 0 fully saturated rings. The van der Waals surface area contributed by atoms with Gasteiger partial charge in [0.05, 0.1) is 6.54 Å². The highest BCUT2D eigenvalue weighted by atomic mass is 16.6. The molecular formula is C20H30N2O3. The summed E-state index contributed by atoms with van der Waals surface area (Å²) in [4.78, 5) is 11.9. The minimum Gasteiger partial charge on any atom is -0.487 e. The van der Waals surface area contributed by atoms with Crippen LogP contribution in [-0.4, -0.2) is 30.9 Å². The molecule has 1 aromatic rings. The highest BCUT2D eigenvalue weighted by molar-refractivity contribution is 5.73. The lowest BCUT2D eigenvalue weighted by molar-refractivity contribution is 0.0501. The van der Waals surface area contributed by atoms with Crippen LogP contribution in [0.25, 0.3) is 0 Å². The summed E-state index contributed by atoms with van der Waals surface area (Å²) in [6.45, 7) is 15.7. The van der Waals surface area contributed by atoms with E-state index in [2.05, 4.69) is 44.4 Å². The molecule has 0 unspecified atom stereocenters. The van der Waals surface area contributed by atoms with Crippen molar-refractivity contribution in [2.24, 2.45) is 0 Å². The van der Waals surface area contributed by atoms with Crippen LogP contribution in [0.5, 0.6) is 5.75 Å². The van der Waals surface area contributed by atoms with E-state index < -0.39 is 11.7 Å². The summed E-state index contributed by atoms with van der Waals surface area (Å²) < 4.78 is 11.6. The molecule has 0 aliphatic carbocycles. The molecule has 2 N–H and O–H groups in total. The standard InChI is InChI=1S/C20H30N2O3/c1-11-8-13-12(2)14(9-21-18(23)25-19(3,4)5)24-17(13)15-16(11)22-10-20(15,6)7/h8,12,14,22H,9-10H2,1-7H3,(H,21,23)/t12-,14+/m1/s1. The minimum absolute atomic E-state index is 0.0403. The van der Waals surface area contributed by atoms with Crippen LogP contribution in [0.4, 0.5) is 10.5 Å². The van der Waals surface area contributed by atoms with Gasteiger partial charge in [0.2, 0.25) is 0 Å². The number of anilines is 1. The highest BCUT2D eigenvalue weighted by Gasteiger charge is 2.41. The Morgan fingerprint density at radius 2 is 2.12 bits per heavy atom. The Bertz CT molecular complexity index is 704. The van der Waals surface area contributed by atoms with Gasteiger partial charge in [-0.15, -0.1) is 0 Å². The summed E-state index contributed by atoms with van der Waals surface area (Å²) in [5.74, 6) is 1.23. The molecule has 25 heavy (non-hydrogen) atoms. The van der Waals surface area contributed by atoms with Gasteiger partial charge in [-0.3, -0.25) is 0 Å². The first-order chi connectivity index (χ1) is 11.5. The molecule has 2 aliphatic rings.